The Morgan fingerprint density at radius 2 is 1.95 bits per heavy atom. The molecule has 1 N–H and O–H groups in total. The topological polar surface area (TPSA) is 29.9 Å². The van der Waals surface area contributed by atoms with Gasteiger partial charge in [-0.1, -0.05) is 44.2 Å². The first-order chi connectivity index (χ1) is 9.16. The molecule has 19 heavy (non-hydrogen) atoms. The minimum Gasteiger partial charge on any atom is -0.327 e. The summed E-state index contributed by atoms with van der Waals surface area (Å²) >= 11 is 0. The number of benzene rings is 1. The summed E-state index contributed by atoms with van der Waals surface area (Å²) < 4.78 is 2.28. The fraction of sp³-hybridized carbons (Fsp3) is 0.438. The molecule has 102 valence electrons. The molecule has 0 aliphatic rings. The molecule has 0 fully saturated rings. The second-order valence-electron chi connectivity index (χ2n) is 5.39. The molecule has 1 aromatic carbocycles. The van der Waals surface area contributed by atoms with Gasteiger partial charge in [0.1, 0.15) is 5.82 Å². The first kappa shape index (κ1) is 13.8. The van der Waals surface area contributed by atoms with Crippen LogP contribution in [-0.2, 0) is 13.1 Å². The van der Waals surface area contributed by atoms with Crippen molar-refractivity contribution in [2.24, 2.45) is 5.92 Å². The first-order valence-corrected chi connectivity index (χ1v) is 6.92. The summed E-state index contributed by atoms with van der Waals surface area (Å²) in [4.78, 5) is 4.43. The molecule has 2 aromatic rings. The van der Waals surface area contributed by atoms with E-state index in [0.29, 0.717) is 5.92 Å². The summed E-state index contributed by atoms with van der Waals surface area (Å²) in [6.07, 6.45) is 1.98. The van der Waals surface area contributed by atoms with Crippen LogP contribution in [0.3, 0.4) is 0 Å². The Morgan fingerprint density at radius 1 is 1.21 bits per heavy atom. The van der Waals surface area contributed by atoms with Crippen LogP contribution in [0.1, 0.15) is 30.9 Å². The Bertz CT molecular complexity index is 500. The van der Waals surface area contributed by atoms with E-state index in [1.165, 1.54) is 11.3 Å². The lowest BCUT2D eigenvalue weighted by molar-refractivity contribution is 0.537. The van der Waals surface area contributed by atoms with E-state index in [9.17, 15) is 0 Å². The van der Waals surface area contributed by atoms with Crippen LogP contribution in [0.2, 0.25) is 0 Å². The summed E-state index contributed by atoms with van der Waals surface area (Å²) in [5.74, 6) is 1.75. The molecule has 0 atom stereocenters. The number of aromatic nitrogens is 2. The molecule has 0 unspecified atom stereocenters. The third-order valence-electron chi connectivity index (χ3n) is 3.18. The van der Waals surface area contributed by atoms with Gasteiger partial charge in [0.2, 0.25) is 0 Å². The summed E-state index contributed by atoms with van der Waals surface area (Å²) in [5.41, 5.74) is 2.57. The SMILES string of the molecule is Cc1ncc(CNCC(C)C)n1Cc1ccccc1. The van der Waals surface area contributed by atoms with E-state index in [1.807, 2.05) is 6.20 Å². The summed E-state index contributed by atoms with van der Waals surface area (Å²) in [6, 6.07) is 10.5. The van der Waals surface area contributed by atoms with E-state index in [-0.39, 0.29) is 0 Å². The molecule has 0 saturated heterocycles. The zero-order chi connectivity index (χ0) is 13.7. The van der Waals surface area contributed by atoms with E-state index in [4.69, 9.17) is 0 Å². The van der Waals surface area contributed by atoms with Gasteiger partial charge >= 0.3 is 0 Å². The molecule has 0 amide bonds. The van der Waals surface area contributed by atoms with E-state index in [1.54, 1.807) is 0 Å². The Morgan fingerprint density at radius 3 is 2.63 bits per heavy atom. The van der Waals surface area contributed by atoms with Crippen molar-refractivity contribution in [1.29, 1.82) is 0 Å². The van der Waals surface area contributed by atoms with Crippen molar-refractivity contribution in [1.82, 2.24) is 14.9 Å². The smallest absolute Gasteiger partial charge is 0.106 e. The van der Waals surface area contributed by atoms with Gasteiger partial charge in [0, 0.05) is 19.3 Å². The summed E-state index contributed by atoms with van der Waals surface area (Å²) in [7, 11) is 0. The van der Waals surface area contributed by atoms with Crippen LogP contribution in [0.5, 0.6) is 0 Å². The molecular formula is C16H23N3. The highest BCUT2D eigenvalue weighted by molar-refractivity contribution is 5.17. The average molecular weight is 257 g/mol. The minimum atomic E-state index is 0.673. The maximum atomic E-state index is 4.43. The number of nitrogens with one attached hydrogen (secondary N) is 1. The Kier molecular flexibility index (Phi) is 4.74. The van der Waals surface area contributed by atoms with Crippen LogP contribution in [0.4, 0.5) is 0 Å². The number of aryl methyl sites for hydroxylation is 1. The Hall–Kier alpha value is -1.61. The number of hydrogen-bond acceptors (Lipinski definition) is 2. The standard InChI is InChI=1S/C16H23N3/c1-13(2)9-17-10-16-11-18-14(3)19(16)12-15-7-5-4-6-8-15/h4-8,11,13,17H,9-10,12H2,1-3H3. The van der Waals surface area contributed by atoms with Crippen LogP contribution in [0, 0.1) is 12.8 Å². The lowest BCUT2D eigenvalue weighted by Crippen LogP contribution is -2.21. The maximum Gasteiger partial charge on any atom is 0.106 e. The summed E-state index contributed by atoms with van der Waals surface area (Å²) in [6.45, 7) is 9.32. The fourth-order valence-electron chi connectivity index (χ4n) is 2.13. The third kappa shape index (κ3) is 3.93. The monoisotopic (exact) mass is 257 g/mol. The molecule has 0 aliphatic carbocycles. The van der Waals surface area contributed by atoms with Crippen molar-refractivity contribution in [3.05, 3.63) is 53.6 Å². The molecule has 0 radical (unpaired) electrons. The van der Waals surface area contributed by atoms with Gasteiger partial charge in [-0.15, -0.1) is 0 Å². The second kappa shape index (κ2) is 6.53. The molecule has 0 bridgehead atoms. The molecule has 1 aromatic heterocycles. The molecule has 0 saturated carbocycles. The molecule has 2 rings (SSSR count). The highest BCUT2D eigenvalue weighted by atomic mass is 15.1. The van der Waals surface area contributed by atoms with Gasteiger partial charge in [0.05, 0.1) is 5.69 Å². The van der Waals surface area contributed by atoms with Crippen molar-refractivity contribution in [3.8, 4) is 0 Å². The van der Waals surface area contributed by atoms with Crippen molar-refractivity contribution in [3.63, 3.8) is 0 Å². The van der Waals surface area contributed by atoms with Crippen molar-refractivity contribution in [2.45, 2.75) is 33.9 Å². The van der Waals surface area contributed by atoms with E-state index < -0.39 is 0 Å². The number of rotatable bonds is 6. The zero-order valence-electron chi connectivity index (χ0n) is 12.1. The van der Waals surface area contributed by atoms with E-state index in [0.717, 1.165) is 25.5 Å². The summed E-state index contributed by atoms with van der Waals surface area (Å²) in [5, 5.41) is 3.48. The van der Waals surface area contributed by atoms with Gasteiger partial charge in [0.25, 0.3) is 0 Å². The van der Waals surface area contributed by atoms with Crippen molar-refractivity contribution in [2.75, 3.05) is 6.54 Å². The molecule has 3 heteroatoms. The normalized spacial score (nSPS) is 11.2. The first-order valence-electron chi connectivity index (χ1n) is 6.92. The van der Waals surface area contributed by atoms with Crippen molar-refractivity contribution >= 4 is 0 Å². The number of imidazole rings is 1. The van der Waals surface area contributed by atoms with Gasteiger partial charge in [-0.05, 0) is 24.9 Å². The highest BCUT2D eigenvalue weighted by Gasteiger charge is 2.07. The minimum absolute atomic E-state index is 0.673. The fourth-order valence-corrected chi connectivity index (χ4v) is 2.13. The van der Waals surface area contributed by atoms with Gasteiger partial charge in [0.15, 0.2) is 0 Å². The van der Waals surface area contributed by atoms with Crippen LogP contribution in [0.25, 0.3) is 0 Å². The van der Waals surface area contributed by atoms with Crippen LogP contribution < -0.4 is 5.32 Å². The maximum absolute atomic E-state index is 4.43. The van der Waals surface area contributed by atoms with Crippen LogP contribution in [0.15, 0.2) is 36.5 Å². The molecule has 3 nitrogen and oxygen atoms in total. The Balaban J connectivity index is 2.05. The van der Waals surface area contributed by atoms with Crippen LogP contribution in [-0.4, -0.2) is 16.1 Å². The van der Waals surface area contributed by atoms with Gasteiger partial charge in [-0.3, -0.25) is 0 Å². The quantitative estimate of drug-likeness (QED) is 0.862. The van der Waals surface area contributed by atoms with Crippen molar-refractivity contribution < 1.29 is 0 Å². The van der Waals surface area contributed by atoms with E-state index >= 15 is 0 Å². The lowest BCUT2D eigenvalue weighted by atomic mass is 10.2. The Labute approximate surface area is 115 Å². The highest BCUT2D eigenvalue weighted by Crippen LogP contribution is 2.09. The van der Waals surface area contributed by atoms with Gasteiger partial charge in [-0.2, -0.15) is 0 Å². The van der Waals surface area contributed by atoms with Gasteiger partial charge in [-0.25, -0.2) is 4.98 Å². The lowest BCUT2D eigenvalue weighted by Gasteiger charge is -2.12. The van der Waals surface area contributed by atoms with E-state index in [2.05, 4.69) is 66.0 Å². The predicted octanol–water partition coefficient (Wildman–Crippen LogP) is 2.99. The number of hydrogen-bond donors (Lipinski definition) is 1. The number of nitrogens with zero attached hydrogens (tertiary/aromatic N) is 2. The molecule has 0 aliphatic heterocycles. The molecule has 0 spiro atoms. The third-order valence-corrected chi connectivity index (χ3v) is 3.18. The largest absolute Gasteiger partial charge is 0.327 e. The zero-order valence-corrected chi connectivity index (χ0v) is 12.1. The van der Waals surface area contributed by atoms with Gasteiger partial charge < -0.3 is 9.88 Å². The van der Waals surface area contributed by atoms with Crippen LogP contribution >= 0.6 is 0 Å². The molecule has 1 heterocycles. The second-order valence-corrected chi connectivity index (χ2v) is 5.39. The molecular weight excluding hydrogens is 234 g/mol. The average Bonchev–Trinajstić information content (AvgIpc) is 2.72. The predicted molar refractivity (Wildman–Crippen MR) is 79.1 cm³/mol.